The van der Waals surface area contributed by atoms with Crippen LogP contribution in [0, 0.1) is 5.92 Å². The molecule has 148 valence electrons. The summed E-state index contributed by atoms with van der Waals surface area (Å²) in [6.07, 6.45) is 0.595. The maximum atomic E-state index is 13.1. The number of carbonyl (C=O) groups excluding carboxylic acids is 1. The number of hydrogen-bond donors (Lipinski definition) is 1. The molecule has 1 unspecified atom stereocenters. The third-order valence-corrected chi connectivity index (χ3v) is 5.62. The highest BCUT2D eigenvalue weighted by Crippen LogP contribution is 2.46. The lowest BCUT2D eigenvalue weighted by Crippen LogP contribution is -2.59. The smallest absolute Gasteiger partial charge is 0.235 e. The van der Waals surface area contributed by atoms with Gasteiger partial charge in [0.25, 0.3) is 0 Å². The van der Waals surface area contributed by atoms with E-state index in [-0.39, 0.29) is 11.9 Å². The predicted molar refractivity (Wildman–Crippen MR) is 114 cm³/mol. The fourth-order valence-electron chi connectivity index (χ4n) is 4.06. The average Bonchev–Trinajstić information content (AvgIpc) is 2.77. The first-order valence-corrected chi connectivity index (χ1v) is 9.93. The maximum absolute atomic E-state index is 13.1. The summed E-state index contributed by atoms with van der Waals surface area (Å²) in [4.78, 5) is 14.9. The Morgan fingerprint density at radius 2 is 1.55 bits per heavy atom. The number of anilines is 1. The van der Waals surface area contributed by atoms with Crippen molar-refractivity contribution in [1.82, 2.24) is 0 Å². The van der Waals surface area contributed by atoms with Gasteiger partial charge in [0.15, 0.2) is 0 Å². The molecule has 0 saturated carbocycles. The number of rotatable bonds is 7. The largest absolute Gasteiger partial charge is 0.497 e. The number of hydrogen-bond acceptors (Lipinski definition) is 3. The number of para-hydroxylation sites is 1. The number of carbonyl (C=O) groups is 1. The number of methoxy groups -OCH3 is 1. The number of nitrogens with zero attached hydrogens (tertiary/aromatic N) is 1. The second-order valence-corrected chi connectivity index (χ2v) is 7.38. The Morgan fingerprint density at radius 1 is 0.931 bits per heavy atom. The SMILES string of the molecule is COc1ccc([C@@H]2[C@H](C(O)CCc3ccccc3)C(=O)N2c2ccccc2)cc1. The molecule has 1 fully saturated rings. The summed E-state index contributed by atoms with van der Waals surface area (Å²) in [5.74, 6) is 0.289. The molecule has 4 nitrogen and oxygen atoms in total. The first kappa shape index (κ1) is 19.2. The summed E-state index contributed by atoms with van der Waals surface area (Å²) >= 11 is 0. The molecule has 1 aliphatic rings. The van der Waals surface area contributed by atoms with Crippen LogP contribution < -0.4 is 9.64 Å². The number of β-lactam (4-membered cyclic amide) rings is 1. The zero-order chi connectivity index (χ0) is 20.2. The summed E-state index contributed by atoms with van der Waals surface area (Å²) < 4.78 is 5.27. The van der Waals surface area contributed by atoms with Gasteiger partial charge in [-0.3, -0.25) is 4.79 Å². The number of benzene rings is 3. The van der Waals surface area contributed by atoms with Crippen molar-refractivity contribution in [2.45, 2.75) is 25.0 Å². The molecule has 1 saturated heterocycles. The first-order chi connectivity index (χ1) is 14.2. The number of amides is 1. The van der Waals surface area contributed by atoms with Crippen molar-refractivity contribution >= 4 is 11.6 Å². The Hall–Kier alpha value is -3.11. The van der Waals surface area contributed by atoms with E-state index in [0.717, 1.165) is 23.4 Å². The minimum absolute atomic E-state index is 0.0300. The van der Waals surface area contributed by atoms with E-state index in [1.165, 1.54) is 5.56 Å². The fourth-order valence-corrected chi connectivity index (χ4v) is 4.06. The number of ether oxygens (including phenoxy) is 1. The van der Waals surface area contributed by atoms with E-state index in [9.17, 15) is 9.90 Å². The topological polar surface area (TPSA) is 49.8 Å². The van der Waals surface area contributed by atoms with Gasteiger partial charge in [-0.25, -0.2) is 0 Å². The molecule has 29 heavy (non-hydrogen) atoms. The molecule has 0 aliphatic carbocycles. The molecule has 1 amide bonds. The summed E-state index contributed by atoms with van der Waals surface area (Å²) in [5, 5.41) is 10.9. The maximum Gasteiger partial charge on any atom is 0.235 e. The third kappa shape index (κ3) is 3.89. The summed E-state index contributed by atoms with van der Waals surface area (Å²) in [6.45, 7) is 0. The molecule has 3 aromatic carbocycles. The number of aryl methyl sites for hydroxylation is 1. The van der Waals surface area contributed by atoms with Crippen LogP contribution in [0.1, 0.15) is 23.6 Å². The normalized spacial score (nSPS) is 19.5. The lowest BCUT2D eigenvalue weighted by Gasteiger charge is -2.49. The molecule has 0 bridgehead atoms. The second kappa shape index (κ2) is 8.50. The third-order valence-electron chi connectivity index (χ3n) is 5.62. The summed E-state index contributed by atoms with van der Waals surface area (Å²) in [7, 11) is 1.63. The van der Waals surface area contributed by atoms with Gasteiger partial charge in [0.2, 0.25) is 5.91 Å². The van der Waals surface area contributed by atoms with Crippen LogP contribution in [0.2, 0.25) is 0 Å². The van der Waals surface area contributed by atoms with Crippen molar-refractivity contribution in [2.24, 2.45) is 5.92 Å². The van der Waals surface area contributed by atoms with Crippen molar-refractivity contribution in [1.29, 1.82) is 0 Å². The van der Waals surface area contributed by atoms with E-state index in [4.69, 9.17) is 4.74 Å². The Labute approximate surface area is 171 Å². The molecular formula is C25H25NO3. The van der Waals surface area contributed by atoms with Gasteiger partial charge >= 0.3 is 0 Å². The molecule has 0 spiro atoms. The van der Waals surface area contributed by atoms with E-state index in [1.807, 2.05) is 84.9 Å². The molecule has 4 rings (SSSR count). The summed E-state index contributed by atoms with van der Waals surface area (Å²) in [5.41, 5.74) is 3.02. The van der Waals surface area contributed by atoms with Crippen LogP contribution in [0.3, 0.4) is 0 Å². The zero-order valence-electron chi connectivity index (χ0n) is 16.4. The Morgan fingerprint density at radius 3 is 2.17 bits per heavy atom. The molecule has 3 aromatic rings. The highest BCUT2D eigenvalue weighted by atomic mass is 16.5. The minimum atomic E-state index is -0.699. The van der Waals surface area contributed by atoms with Crippen molar-refractivity contribution in [3.05, 3.63) is 96.1 Å². The standard InChI is InChI=1S/C25H25NO3/c1-29-21-15-13-19(14-16-21)24-23(22(27)17-12-18-8-4-2-5-9-18)25(28)26(24)20-10-6-3-7-11-20/h2-11,13-16,22-24,27H,12,17H2,1H3/t22?,23-,24+/m0/s1. The van der Waals surface area contributed by atoms with Crippen LogP contribution in [0.5, 0.6) is 5.75 Å². The Bertz CT molecular complexity index is 941. The molecule has 1 N–H and O–H groups in total. The second-order valence-electron chi connectivity index (χ2n) is 7.38. The van der Waals surface area contributed by atoms with Crippen LogP contribution in [0.4, 0.5) is 5.69 Å². The van der Waals surface area contributed by atoms with Crippen LogP contribution in [-0.2, 0) is 11.2 Å². The zero-order valence-corrected chi connectivity index (χ0v) is 16.4. The predicted octanol–water partition coefficient (Wildman–Crippen LogP) is 4.39. The fraction of sp³-hybridized carbons (Fsp3) is 0.240. The van der Waals surface area contributed by atoms with Gasteiger partial charge in [-0.15, -0.1) is 0 Å². The molecule has 4 heteroatoms. The van der Waals surface area contributed by atoms with Gasteiger partial charge in [-0.1, -0.05) is 60.7 Å². The Kier molecular flexibility index (Phi) is 5.63. The minimum Gasteiger partial charge on any atom is -0.497 e. The van der Waals surface area contributed by atoms with Gasteiger partial charge < -0.3 is 14.7 Å². The van der Waals surface area contributed by atoms with E-state index >= 15 is 0 Å². The van der Waals surface area contributed by atoms with Gasteiger partial charge in [-0.05, 0) is 48.2 Å². The lowest BCUT2D eigenvalue weighted by atomic mass is 9.76. The van der Waals surface area contributed by atoms with Crippen molar-refractivity contribution in [3.63, 3.8) is 0 Å². The van der Waals surface area contributed by atoms with E-state index in [0.29, 0.717) is 6.42 Å². The van der Waals surface area contributed by atoms with Gasteiger partial charge in [0.05, 0.1) is 25.2 Å². The van der Waals surface area contributed by atoms with Gasteiger partial charge in [-0.2, -0.15) is 0 Å². The monoisotopic (exact) mass is 387 g/mol. The van der Waals surface area contributed by atoms with Crippen LogP contribution in [-0.4, -0.2) is 24.2 Å². The quantitative estimate of drug-likeness (QED) is 0.612. The van der Waals surface area contributed by atoms with Gasteiger partial charge in [0.1, 0.15) is 5.75 Å². The molecule has 3 atom stereocenters. The first-order valence-electron chi connectivity index (χ1n) is 9.93. The van der Waals surface area contributed by atoms with Crippen molar-refractivity contribution < 1.29 is 14.6 Å². The van der Waals surface area contributed by atoms with Crippen LogP contribution in [0.15, 0.2) is 84.9 Å². The van der Waals surface area contributed by atoms with Crippen molar-refractivity contribution in [2.75, 3.05) is 12.0 Å². The molecule has 1 heterocycles. The highest BCUT2D eigenvalue weighted by Gasteiger charge is 2.51. The van der Waals surface area contributed by atoms with E-state index in [2.05, 4.69) is 0 Å². The van der Waals surface area contributed by atoms with E-state index in [1.54, 1.807) is 12.0 Å². The van der Waals surface area contributed by atoms with Crippen LogP contribution in [0.25, 0.3) is 0 Å². The van der Waals surface area contributed by atoms with Gasteiger partial charge in [0, 0.05) is 5.69 Å². The highest BCUT2D eigenvalue weighted by molar-refractivity contribution is 6.03. The van der Waals surface area contributed by atoms with E-state index < -0.39 is 12.0 Å². The number of aliphatic hydroxyl groups is 1. The molecule has 0 aromatic heterocycles. The molecule has 1 aliphatic heterocycles. The lowest BCUT2D eigenvalue weighted by molar-refractivity contribution is -0.136. The van der Waals surface area contributed by atoms with Crippen molar-refractivity contribution in [3.8, 4) is 5.75 Å². The summed E-state index contributed by atoms with van der Waals surface area (Å²) in [6, 6.07) is 27.3. The molecular weight excluding hydrogens is 362 g/mol. The molecule has 0 radical (unpaired) electrons. The number of aliphatic hydroxyl groups excluding tert-OH is 1. The average molecular weight is 387 g/mol. The van der Waals surface area contributed by atoms with Crippen LogP contribution >= 0.6 is 0 Å². The Balaban J connectivity index is 1.58.